The summed E-state index contributed by atoms with van der Waals surface area (Å²) in [6, 6.07) is 40.7. The molecule has 8 rings (SSSR count). The molecule has 48 heavy (non-hydrogen) atoms. The number of imide groups is 1. The molecule has 0 N–H and O–H groups in total. The second kappa shape index (κ2) is 11.1. The van der Waals surface area contributed by atoms with Gasteiger partial charge in [-0.3, -0.25) is 14.4 Å². The van der Waals surface area contributed by atoms with E-state index in [1.54, 1.807) is 38.5 Å². The van der Waals surface area contributed by atoms with Gasteiger partial charge in [-0.15, -0.1) is 0 Å². The van der Waals surface area contributed by atoms with E-state index in [1.165, 1.54) is 4.90 Å². The second-order valence-electron chi connectivity index (χ2n) is 12.3. The van der Waals surface area contributed by atoms with E-state index in [4.69, 9.17) is 21.1 Å². The molecule has 0 unspecified atom stereocenters. The van der Waals surface area contributed by atoms with Gasteiger partial charge in [0.1, 0.15) is 11.5 Å². The largest absolute Gasteiger partial charge is 0.497 e. The lowest BCUT2D eigenvalue weighted by molar-refractivity contribution is -0.130. The lowest BCUT2D eigenvalue weighted by atomic mass is 9.59. The zero-order valence-corrected chi connectivity index (χ0v) is 27.0. The quantitative estimate of drug-likeness (QED) is 0.170. The first-order chi connectivity index (χ1) is 23.4. The van der Waals surface area contributed by atoms with E-state index in [-0.39, 0.29) is 5.78 Å². The van der Waals surface area contributed by atoms with Crippen LogP contribution in [0.15, 0.2) is 133 Å². The van der Waals surface area contributed by atoms with Gasteiger partial charge in [0, 0.05) is 5.02 Å². The van der Waals surface area contributed by atoms with Gasteiger partial charge >= 0.3 is 0 Å². The molecule has 2 fully saturated rings. The van der Waals surface area contributed by atoms with E-state index in [0.717, 1.165) is 11.1 Å². The highest BCUT2D eigenvalue weighted by Crippen LogP contribution is 2.74. The summed E-state index contributed by atoms with van der Waals surface area (Å²) in [5.74, 6) is -1.74. The number of hydrogen-bond acceptors (Lipinski definition) is 5. The van der Waals surface area contributed by atoms with Crippen LogP contribution in [0.1, 0.15) is 22.3 Å². The molecule has 7 heteroatoms. The number of methoxy groups -OCH3 is 2. The van der Waals surface area contributed by atoms with Crippen LogP contribution in [0.25, 0.3) is 11.1 Å². The van der Waals surface area contributed by atoms with Crippen molar-refractivity contribution in [2.45, 2.75) is 10.8 Å². The molecule has 2 aliphatic carbocycles. The van der Waals surface area contributed by atoms with E-state index in [0.29, 0.717) is 44.5 Å². The summed E-state index contributed by atoms with van der Waals surface area (Å²) in [5, 5.41) is 0.486. The summed E-state index contributed by atoms with van der Waals surface area (Å²) < 4.78 is 11.0. The average Bonchev–Trinajstić information content (AvgIpc) is 3.65. The van der Waals surface area contributed by atoms with Gasteiger partial charge in [-0.25, -0.2) is 4.90 Å². The van der Waals surface area contributed by atoms with E-state index >= 15 is 14.4 Å². The minimum Gasteiger partial charge on any atom is -0.497 e. The van der Waals surface area contributed by atoms with Crippen molar-refractivity contribution in [2.75, 3.05) is 19.1 Å². The zero-order chi connectivity index (χ0) is 33.2. The van der Waals surface area contributed by atoms with Crippen LogP contribution < -0.4 is 14.4 Å². The lowest BCUT2D eigenvalue weighted by Crippen LogP contribution is -2.45. The number of fused-ring (bicyclic) bond motifs is 5. The number of benzene rings is 5. The molecule has 2 amide bonds. The van der Waals surface area contributed by atoms with Crippen molar-refractivity contribution >= 4 is 46.0 Å². The number of allylic oxidation sites excluding steroid dienone is 2. The number of carbonyl (C=O) groups excluding carboxylic acids is 3. The third-order valence-corrected chi connectivity index (χ3v) is 10.5. The average molecular weight is 652 g/mol. The fourth-order valence-corrected chi connectivity index (χ4v) is 8.61. The first kappa shape index (κ1) is 29.9. The van der Waals surface area contributed by atoms with Gasteiger partial charge in [0.25, 0.3) is 0 Å². The molecular formula is C41H30ClNO5. The molecule has 236 valence electrons. The first-order valence-corrected chi connectivity index (χ1v) is 16.1. The van der Waals surface area contributed by atoms with Gasteiger partial charge < -0.3 is 9.47 Å². The molecule has 4 atom stereocenters. The second-order valence-corrected chi connectivity index (χ2v) is 12.8. The summed E-state index contributed by atoms with van der Waals surface area (Å²) in [7, 11) is 3.21. The Morgan fingerprint density at radius 3 is 1.31 bits per heavy atom. The summed E-state index contributed by atoms with van der Waals surface area (Å²) >= 11 is 6.23. The number of rotatable bonds is 7. The molecule has 2 bridgehead atoms. The molecule has 5 aromatic carbocycles. The number of halogens is 1. The van der Waals surface area contributed by atoms with Crippen molar-refractivity contribution in [1.29, 1.82) is 0 Å². The van der Waals surface area contributed by atoms with Crippen molar-refractivity contribution in [3.63, 3.8) is 0 Å². The van der Waals surface area contributed by atoms with Crippen LogP contribution in [0, 0.1) is 11.8 Å². The number of Topliss-reactive ketones (excluding diaryl/α,β-unsaturated/α-hetero) is 1. The number of hydrogen-bond donors (Lipinski definition) is 0. The molecule has 0 radical (unpaired) electrons. The summed E-state index contributed by atoms with van der Waals surface area (Å²) in [5.41, 5.74) is 1.68. The van der Waals surface area contributed by atoms with Crippen LogP contribution in [-0.4, -0.2) is 31.8 Å². The maximum Gasteiger partial charge on any atom is 0.239 e. The smallest absolute Gasteiger partial charge is 0.239 e. The van der Waals surface area contributed by atoms with Crippen molar-refractivity contribution < 1.29 is 23.9 Å². The van der Waals surface area contributed by atoms with Gasteiger partial charge in [0.2, 0.25) is 11.8 Å². The van der Waals surface area contributed by atoms with Gasteiger partial charge in [0.05, 0.1) is 42.6 Å². The van der Waals surface area contributed by atoms with E-state index < -0.39 is 34.5 Å². The minimum absolute atomic E-state index is 0.184. The molecule has 1 aliphatic heterocycles. The number of carbonyl (C=O) groups is 3. The van der Waals surface area contributed by atoms with Gasteiger partial charge in [-0.1, -0.05) is 96.5 Å². The number of ether oxygens (including phenoxy) is 2. The van der Waals surface area contributed by atoms with Crippen LogP contribution in [0.5, 0.6) is 11.5 Å². The maximum atomic E-state index is 16.0. The highest BCUT2D eigenvalue weighted by molar-refractivity contribution is 6.39. The topological polar surface area (TPSA) is 72.9 Å². The van der Waals surface area contributed by atoms with Crippen LogP contribution >= 0.6 is 11.6 Å². The van der Waals surface area contributed by atoms with Crippen molar-refractivity contribution in [3.8, 4) is 11.5 Å². The Bertz CT molecular complexity index is 1980. The highest BCUT2D eigenvalue weighted by atomic mass is 35.5. The third-order valence-electron chi connectivity index (χ3n) is 10.3. The van der Waals surface area contributed by atoms with Gasteiger partial charge in [-0.05, 0) is 81.9 Å². The first-order valence-electron chi connectivity index (χ1n) is 15.7. The Morgan fingerprint density at radius 1 is 0.542 bits per heavy atom. The Hall–Kier alpha value is -5.46. The SMILES string of the molecule is COc1ccc(C2=C(c3ccc(OC)cc3)[C@]3(c4ccccc4)C(=O)[C@@]2(c2ccccc2)[C@@H]2C(=O)N(c4ccc(Cl)cc4)C(=O)[C@@H]23)cc1. The lowest BCUT2D eigenvalue weighted by Gasteiger charge is -2.39. The number of ketones is 1. The Morgan fingerprint density at radius 2 is 0.938 bits per heavy atom. The van der Waals surface area contributed by atoms with E-state index in [9.17, 15) is 0 Å². The maximum absolute atomic E-state index is 16.0. The molecule has 0 spiro atoms. The molecular weight excluding hydrogens is 622 g/mol. The summed E-state index contributed by atoms with van der Waals surface area (Å²) in [6.07, 6.45) is 0. The minimum atomic E-state index is -1.50. The van der Waals surface area contributed by atoms with Gasteiger partial charge in [0.15, 0.2) is 5.78 Å². The van der Waals surface area contributed by atoms with Crippen molar-refractivity contribution in [2.24, 2.45) is 11.8 Å². The van der Waals surface area contributed by atoms with E-state index in [1.807, 2.05) is 109 Å². The highest BCUT2D eigenvalue weighted by Gasteiger charge is 2.82. The van der Waals surface area contributed by atoms with E-state index in [2.05, 4.69) is 0 Å². The zero-order valence-electron chi connectivity index (χ0n) is 26.2. The molecule has 0 aromatic heterocycles. The predicted octanol–water partition coefficient (Wildman–Crippen LogP) is 7.55. The molecule has 1 saturated heterocycles. The Labute approximate surface area is 283 Å². The fraction of sp³-hybridized carbons (Fsp3) is 0.146. The van der Waals surface area contributed by atoms with Crippen molar-refractivity contribution in [1.82, 2.24) is 0 Å². The normalized spacial score (nSPS) is 24.3. The standard InChI is InChI=1S/C41H30ClNO5/c1-47-31-21-13-25(14-22-31)33-34(26-15-23-32(48-2)24-16-26)41(28-11-7-4-8-12-28)36-35(40(33,39(41)46)27-9-5-3-6-10-27)37(44)43(38(36)45)30-19-17-29(42)18-20-30/h3-24,35-36H,1-2H3/t35-,36+,40+,41-. The molecule has 5 aromatic rings. The number of amides is 2. The number of anilines is 1. The van der Waals surface area contributed by atoms with Crippen LogP contribution in [0.4, 0.5) is 5.69 Å². The summed E-state index contributed by atoms with van der Waals surface area (Å²) in [4.78, 5) is 47.3. The van der Waals surface area contributed by atoms with Crippen LogP contribution in [-0.2, 0) is 25.2 Å². The fourth-order valence-electron chi connectivity index (χ4n) is 8.48. The predicted molar refractivity (Wildman–Crippen MR) is 185 cm³/mol. The Kier molecular flexibility index (Phi) is 6.90. The number of nitrogens with zero attached hydrogens (tertiary/aromatic N) is 1. The van der Waals surface area contributed by atoms with Gasteiger partial charge in [-0.2, -0.15) is 0 Å². The monoisotopic (exact) mass is 651 g/mol. The van der Waals surface area contributed by atoms with Crippen LogP contribution in [0.2, 0.25) is 5.02 Å². The summed E-state index contributed by atoms with van der Waals surface area (Å²) in [6.45, 7) is 0. The molecule has 3 aliphatic rings. The Balaban J connectivity index is 1.54. The van der Waals surface area contributed by atoms with Crippen LogP contribution in [0.3, 0.4) is 0 Å². The molecule has 1 heterocycles. The molecule has 1 saturated carbocycles. The molecule has 6 nitrogen and oxygen atoms in total. The third kappa shape index (κ3) is 3.84. The van der Waals surface area contributed by atoms with Crippen molar-refractivity contribution in [3.05, 3.63) is 161 Å².